The van der Waals surface area contributed by atoms with Crippen molar-refractivity contribution in [3.05, 3.63) is 60.2 Å². The zero-order valence-corrected chi connectivity index (χ0v) is 14.2. The second-order valence-corrected chi connectivity index (χ2v) is 6.77. The Labute approximate surface area is 144 Å². The number of rotatable bonds is 3. The van der Waals surface area contributed by atoms with Gasteiger partial charge in [-0.25, -0.2) is 0 Å². The van der Waals surface area contributed by atoms with Crippen LogP contribution in [0.1, 0.15) is 12.5 Å². The Bertz CT molecular complexity index is 887. The van der Waals surface area contributed by atoms with Crippen LogP contribution in [0.15, 0.2) is 64.9 Å². The summed E-state index contributed by atoms with van der Waals surface area (Å²) in [5, 5.41) is 14.5. The van der Waals surface area contributed by atoms with E-state index in [-0.39, 0.29) is 5.25 Å². The van der Waals surface area contributed by atoms with Crippen LogP contribution in [-0.2, 0) is 0 Å². The van der Waals surface area contributed by atoms with Crippen LogP contribution in [0.5, 0.6) is 5.75 Å². The Morgan fingerprint density at radius 1 is 0.958 bits per heavy atom. The molecule has 1 aliphatic heterocycles. The molecule has 0 aliphatic carbocycles. The minimum absolute atomic E-state index is 0.229. The van der Waals surface area contributed by atoms with Crippen molar-refractivity contribution in [2.75, 3.05) is 7.11 Å². The van der Waals surface area contributed by atoms with Gasteiger partial charge in [0.1, 0.15) is 5.75 Å². The van der Waals surface area contributed by atoms with Crippen LogP contribution in [0, 0.1) is 0 Å². The number of hydrogen-bond acceptors (Lipinski definition) is 5. The highest BCUT2D eigenvalue weighted by Crippen LogP contribution is 2.33. The van der Waals surface area contributed by atoms with E-state index in [1.807, 2.05) is 47.1 Å². The van der Waals surface area contributed by atoms with Crippen molar-refractivity contribution in [3.8, 4) is 17.1 Å². The van der Waals surface area contributed by atoms with Gasteiger partial charge in [-0.3, -0.25) is 0 Å². The van der Waals surface area contributed by atoms with Gasteiger partial charge >= 0.3 is 0 Å². The first-order valence-corrected chi connectivity index (χ1v) is 8.55. The maximum absolute atomic E-state index is 5.21. The molecule has 0 saturated heterocycles. The van der Waals surface area contributed by atoms with Crippen LogP contribution in [0.3, 0.4) is 0 Å². The summed E-state index contributed by atoms with van der Waals surface area (Å²) in [6.07, 6.45) is 0. The van der Waals surface area contributed by atoms with Crippen molar-refractivity contribution in [2.45, 2.75) is 17.3 Å². The number of fused-ring (bicyclic) bond motifs is 1. The second kappa shape index (κ2) is 6.13. The zero-order chi connectivity index (χ0) is 16.5. The molecule has 24 heavy (non-hydrogen) atoms. The van der Waals surface area contributed by atoms with Crippen LogP contribution in [0.2, 0.25) is 0 Å². The Kier molecular flexibility index (Phi) is 3.82. The molecular weight excluding hydrogens is 320 g/mol. The maximum Gasteiger partial charge on any atom is 0.213 e. The average Bonchev–Trinajstić information content (AvgIpc) is 3.04. The second-order valence-electron chi connectivity index (χ2n) is 5.46. The summed E-state index contributed by atoms with van der Waals surface area (Å²) >= 11 is 1.67. The molecule has 6 heteroatoms. The number of aromatic nitrogens is 3. The van der Waals surface area contributed by atoms with Gasteiger partial charge in [0.2, 0.25) is 5.16 Å². The van der Waals surface area contributed by atoms with Crippen molar-refractivity contribution in [2.24, 2.45) is 5.10 Å². The van der Waals surface area contributed by atoms with E-state index in [1.54, 1.807) is 18.9 Å². The zero-order valence-electron chi connectivity index (χ0n) is 13.4. The summed E-state index contributed by atoms with van der Waals surface area (Å²) in [6.45, 7) is 2.14. The third kappa shape index (κ3) is 2.59. The molecule has 2 aromatic carbocycles. The summed E-state index contributed by atoms with van der Waals surface area (Å²) < 4.78 is 7.04. The molecule has 2 heterocycles. The van der Waals surface area contributed by atoms with Gasteiger partial charge < -0.3 is 4.74 Å². The monoisotopic (exact) mass is 336 g/mol. The quantitative estimate of drug-likeness (QED) is 0.732. The smallest absolute Gasteiger partial charge is 0.213 e. The fraction of sp³-hybridized carbons (Fsp3) is 0.167. The minimum Gasteiger partial charge on any atom is -0.497 e. The molecule has 0 spiro atoms. The largest absolute Gasteiger partial charge is 0.497 e. The van der Waals surface area contributed by atoms with E-state index in [1.165, 1.54) is 0 Å². The van der Waals surface area contributed by atoms with E-state index in [2.05, 4.69) is 29.3 Å². The van der Waals surface area contributed by atoms with E-state index in [0.717, 1.165) is 33.6 Å². The van der Waals surface area contributed by atoms with Gasteiger partial charge in [-0.2, -0.15) is 9.78 Å². The first-order chi connectivity index (χ1) is 11.8. The standard InChI is InChI=1S/C18H16N4OS/c1-12-16(13-6-4-3-5-7-13)21-22-17(19-20-18(22)24-12)14-8-10-15(23-2)11-9-14/h3-12H,1-2H3/t12-/m0/s1. The third-order valence-electron chi connectivity index (χ3n) is 3.90. The number of methoxy groups -OCH3 is 1. The molecule has 0 bridgehead atoms. The maximum atomic E-state index is 5.21. The van der Waals surface area contributed by atoms with E-state index in [4.69, 9.17) is 9.84 Å². The molecule has 1 atom stereocenters. The van der Waals surface area contributed by atoms with E-state index >= 15 is 0 Å². The number of nitrogens with zero attached hydrogens (tertiary/aromatic N) is 4. The minimum atomic E-state index is 0.229. The summed E-state index contributed by atoms with van der Waals surface area (Å²) in [4.78, 5) is 0. The summed E-state index contributed by atoms with van der Waals surface area (Å²) in [5.74, 6) is 1.55. The van der Waals surface area contributed by atoms with E-state index < -0.39 is 0 Å². The Morgan fingerprint density at radius 2 is 1.71 bits per heavy atom. The third-order valence-corrected chi connectivity index (χ3v) is 4.95. The van der Waals surface area contributed by atoms with Gasteiger partial charge in [-0.1, -0.05) is 42.1 Å². The number of hydrogen-bond donors (Lipinski definition) is 0. The number of thioether (sulfide) groups is 1. The molecule has 1 aliphatic rings. The average molecular weight is 336 g/mol. The Hall–Kier alpha value is -2.60. The highest BCUT2D eigenvalue weighted by molar-refractivity contribution is 8.00. The molecule has 3 aromatic rings. The lowest BCUT2D eigenvalue weighted by Crippen LogP contribution is -2.21. The van der Waals surface area contributed by atoms with Gasteiger partial charge in [0.05, 0.1) is 18.1 Å². The molecule has 0 N–H and O–H groups in total. The predicted octanol–water partition coefficient (Wildman–Crippen LogP) is 3.70. The molecule has 0 fully saturated rings. The predicted molar refractivity (Wildman–Crippen MR) is 95.7 cm³/mol. The highest BCUT2D eigenvalue weighted by Gasteiger charge is 2.26. The molecule has 0 unspecified atom stereocenters. The van der Waals surface area contributed by atoms with Crippen molar-refractivity contribution in [1.29, 1.82) is 0 Å². The van der Waals surface area contributed by atoms with Gasteiger partial charge in [-0.05, 0) is 36.8 Å². The molecule has 0 amide bonds. The van der Waals surface area contributed by atoms with Crippen LogP contribution in [0.4, 0.5) is 0 Å². The van der Waals surface area contributed by atoms with Crippen LogP contribution in [-0.4, -0.2) is 32.9 Å². The van der Waals surface area contributed by atoms with Gasteiger partial charge in [0.25, 0.3) is 0 Å². The van der Waals surface area contributed by atoms with E-state index in [0.29, 0.717) is 0 Å². The van der Waals surface area contributed by atoms with Crippen molar-refractivity contribution < 1.29 is 4.74 Å². The lowest BCUT2D eigenvalue weighted by molar-refractivity contribution is 0.415. The van der Waals surface area contributed by atoms with Crippen LogP contribution >= 0.6 is 11.8 Å². The van der Waals surface area contributed by atoms with Gasteiger partial charge in [-0.15, -0.1) is 10.2 Å². The summed E-state index contributed by atoms with van der Waals surface area (Å²) in [5.41, 5.74) is 3.11. The molecule has 120 valence electrons. The van der Waals surface area contributed by atoms with E-state index in [9.17, 15) is 0 Å². The van der Waals surface area contributed by atoms with Crippen LogP contribution < -0.4 is 4.74 Å². The SMILES string of the molecule is COc1ccc(-c2nnc3n2N=C(c2ccccc2)[C@H](C)S3)cc1. The first kappa shape index (κ1) is 15.0. The van der Waals surface area contributed by atoms with Gasteiger partial charge in [0.15, 0.2) is 5.82 Å². The fourth-order valence-electron chi connectivity index (χ4n) is 2.65. The summed E-state index contributed by atoms with van der Waals surface area (Å²) in [7, 11) is 1.66. The molecule has 4 rings (SSSR count). The normalized spacial score (nSPS) is 16.4. The Balaban J connectivity index is 1.79. The molecule has 1 aromatic heterocycles. The van der Waals surface area contributed by atoms with Gasteiger partial charge in [0, 0.05) is 5.56 Å². The molecule has 5 nitrogen and oxygen atoms in total. The topological polar surface area (TPSA) is 52.3 Å². The number of benzene rings is 2. The molecular formula is C18H16N4OS. The lowest BCUT2D eigenvalue weighted by Gasteiger charge is -2.19. The Morgan fingerprint density at radius 3 is 2.42 bits per heavy atom. The molecule has 0 saturated carbocycles. The van der Waals surface area contributed by atoms with Crippen molar-refractivity contribution >= 4 is 17.5 Å². The fourth-order valence-corrected chi connectivity index (χ4v) is 3.58. The van der Waals surface area contributed by atoms with Crippen LogP contribution in [0.25, 0.3) is 11.4 Å². The molecule has 0 radical (unpaired) electrons. The number of ether oxygens (including phenoxy) is 1. The first-order valence-electron chi connectivity index (χ1n) is 7.67. The highest BCUT2D eigenvalue weighted by atomic mass is 32.2. The van der Waals surface area contributed by atoms with Crippen molar-refractivity contribution in [1.82, 2.24) is 14.9 Å². The lowest BCUT2D eigenvalue weighted by atomic mass is 10.1. The summed E-state index contributed by atoms with van der Waals surface area (Å²) in [6, 6.07) is 18.0. The van der Waals surface area contributed by atoms with Crippen molar-refractivity contribution in [3.63, 3.8) is 0 Å².